The quantitative estimate of drug-likeness (QED) is 0.905. The maximum Gasteiger partial charge on any atom is 0.225 e. The minimum atomic E-state index is -0.629. The second-order valence-corrected chi connectivity index (χ2v) is 8.90. The zero-order valence-electron chi connectivity index (χ0n) is 15.4. The SMILES string of the molecule is CC1(O)CC(C(=O)N2CCC(c3cccc(C(C)(C)C)n3)CC2)C1. The molecule has 0 unspecified atom stereocenters. The molecular formula is C20H30N2O2. The van der Waals surface area contributed by atoms with Crippen LogP contribution < -0.4 is 0 Å². The van der Waals surface area contributed by atoms with Crippen LogP contribution in [0, 0.1) is 5.92 Å². The summed E-state index contributed by atoms with van der Waals surface area (Å²) in [6.45, 7) is 10.00. The van der Waals surface area contributed by atoms with E-state index >= 15 is 0 Å². The number of rotatable bonds is 2. The fraction of sp³-hybridized carbons (Fsp3) is 0.700. The van der Waals surface area contributed by atoms with Gasteiger partial charge in [-0.1, -0.05) is 26.8 Å². The van der Waals surface area contributed by atoms with Gasteiger partial charge in [0.15, 0.2) is 0 Å². The monoisotopic (exact) mass is 330 g/mol. The van der Waals surface area contributed by atoms with Crippen molar-refractivity contribution >= 4 is 5.91 Å². The summed E-state index contributed by atoms with van der Waals surface area (Å²) in [7, 11) is 0. The molecule has 132 valence electrons. The predicted molar refractivity (Wildman–Crippen MR) is 94.8 cm³/mol. The van der Waals surface area contributed by atoms with Crippen molar-refractivity contribution in [3.05, 3.63) is 29.6 Å². The summed E-state index contributed by atoms with van der Waals surface area (Å²) in [4.78, 5) is 19.4. The minimum Gasteiger partial charge on any atom is -0.390 e. The van der Waals surface area contributed by atoms with Crippen molar-refractivity contribution in [1.29, 1.82) is 0 Å². The summed E-state index contributed by atoms with van der Waals surface area (Å²) in [5, 5.41) is 9.83. The molecule has 3 rings (SSSR count). The second kappa shape index (κ2) is 6.14. The van der Waals surface area contributed by atoms with Crippen LogP contribution in [-0.2, 0) is 10.2 Å². The van der Waals surface area contributed by atoms with E-state index in [0.717, 1.165) is 31.6 Å². The zero-order chi connectivity index (χ0) is 17.5. The number of likely N-dealkylation sites (tertiary alicyclic amines) is 1. The Hall–Kier alpha value is -1.42. The summed E-state index contributed by atoms with van der Waals surface area (Å²) >= 11 is 0. The van der Waals surface area contributed by atoms with E-state index in [1.165, 1.54) is 5.69 Å². The van der Waals surface area contributed by atoms with E-state index in [-0.39, 0.29) is 17.2 Å². The van der Waals surface area contributed by atoms with Crippen molar-refractivity contribution in [2.75, 3.05) is 13.1 Å². The first kappa shape index (κ1) is 17.4. The predicted octanol–water partition coefficient (Wildman–Crippen LogP) is 3.25. The Labute approximate surface area is 145 Å². The van der Waals surface area contributed by atoms with Crippen LogP contribution in [0.1, 0.15) is 70.7 Å². The molecule has 1 saturated heterocycles. The van der Waals surface area contributed by atoms with Crippen LogP contribution in [-0.4, -0.2) is 39.6 Å². The molecule has 2 aliphatic rings. The van der Waals surface area contributed by atoms with Gasteiger partial charge in [-0.2, -0.15) is 0 Å². The molecule has 4 heteroatoms. The van der Waals surface area contributed by atoms with Crippen molar-refractivity contribution in [2.45, 2.75) is 70.3 Å². The van der Waals surface area contributed by atoms with E-state index in [4.69, 9.17) is 4.98 Å². The van der Waals surface area contributed by atoms with Gasteiger partial charge >= 0.3 is 0 Å². The molecule has 1 saturated carbocycles. The van der Waals surface area contributed by atoms with Gasteiger partial charge in [-0.15, -0.1) is 0 Å². The normalized spacial score (nSPS) is 28.5. The Morgan fingerprint density at radius 1 is 1.25 bits per heavy atom. The fourth-order valence-electron chi connectivity index (χ4n) is 3.93. The average molecular weight is 330 g/mol. The maximum atomic E-state index is 12.5. The van der Waals surface area contributed by atoms with Gasteiger partial charge in [-0.05, 0) is 44.7 Å². The van der Waals surface area contributed by atoms with Crippen LogP contribution in [0.15, 0.2) is 18.2 Å². The number of aliphatic hydroxyl groups is 1. The molecule has 2 heterocycles. The first-order chi connectivity index (χ1) is 11.2. The van der Waals surface area contributed by atoms with E-state index in [2.05, 4.69) is 39.0 Å². The van der Waals surface area contributed by atoms with Crippen molar-refractivity contribution in [1.82, 2.24) is 9.88 Å². The number of nitrogens with zero attached hydrogens (tertiary/aromatic N) is 2. The Morgan fingerprint density at radius 3 is 2.42 bits per heavy atom. The number of carbonyl (C=O) groups excluding carboxylic acids is 1. The summed E-state index contributed by atoms with van der Waals surface area (Å²) in [6, 6.07) is 6.34. The van der Waals surface area contributed by atoms with Gasteiger partial charge in [-0.3, -0.25) is 9.78 Å². The van der Waals surface area contributed by atoms with Crippen LogP contribution in [0.5, 0.6) is 0 Å². The number of pyridine rings is 1. The number of aromatic nitrogens is 1. The van der Waals surface area contributed by atoms with Gasteiger partial charge in [0.25, 0.3) is 0 Å². The van der Waals surface area contributed by atoms with E-state index in [0.29, 0.717) is 18.8 Å². The van der Waals surface area contributed by atoms with E-state index in [1.54, 1.807) is 0 Å². The topological polar surface area (TPSA) is 53.4 Å². The van der Waals surface area contributed by atoms with Gasteiger partial charge in [0.05, 0.1) is 5.60 Å². The van der Waals surface area contributed by atoms with Crippen molar-refractivity contribution in [3.8, 4) is 0 Å². The number of carbonyl (C=O) groups is 1. The lowest BCUT2D eigenvalue weighted by molar-refractivity contribution is -0.150. The second-order valence-electron chi connectivity index (χ2n) is 8.90. The lowest BCUT2D eigenvalue weighted by atomic mass is 9.71. The molecule has 0 aromatic carbocycles. The first-order valence-electron chi connectivity index (χ1n) is 9.14. The van der Waals surface area contributed by atoms with Crippen molar-refractivity contribution < 1.29 is 9.90 Å². The lowest BCUT2D eigenvalue weighted by Gasteiger charge is -2.43. The molecule has 0 spiro atoms. The van der Waals surface area contributed by atoms with Crippen molar-refractivity contribution in [3.63, 3.8) is 0 Å². The third-order valence-electron chi connectivity index (χ3n) is 5.49. The Bertz CT molecular complexity index is 602. The first-order valence-corrected chi connectivity index (χ1v) is 9.14. The minimum absolute atomic E-state index is 0.0268. The molecule has 1 N–H and O–H groups in total. The van der Waals surface area contributed by atoms with E-state index in [1.807, 2.05) is 11.8 Å². The summed E-state index contributed by atoms with van der Waals surface area (Å²) in [5.41, 5.74) is 1.74. The summed E-state index contributed by atoms with van der Waals surface area (Å²) < 4.78 is 0. The van der Waals surface area contributed by atoms with E-state index in [9.17, 15) is 9.90 Å². The number of hydrogen-bond donors (Lipinski definition) is 1. The third kappa shape index (κ3) is 3.64. The third-order valence-corrected chi connectivity index (χ3v) is 5.49. The van der Waals surface area contributed by atoms with Gasteiger partial charge in [-0.25, -0.2) is 0 Å². The average Bonchev–Trinajstić information content (AvgIpc) is 2.51. The molecule has 0 radical (unpaired) electrons. The standard InChI is InChI=1S/C20H30N2O2/c1-19(2,3)17-7-5-6-16(21-17)14-8-10-22(11-9-14)18(23)15-12-20(4,24)13-15/h5-7,14-15,24H,8-13H2,1-4H3. The van der Waals surface area contributed by atoms with Crippen LogP contribution >= 0.6 is 0 Å². The van der Waals surface area contributed by atoms with Crippen LogP contribution in [0.2, 0.25) is 0 Å². The molecule has 4 nitrogen and oxygen atoms in total. The van der Waals surface area contributed by atoms with Gasteiger partial charge < -0.3 is 10.0 Å². The highest BCUT2D eigenvalue weighted by atomic mass is 16.3. The molecule has 1 aliphatic carbocycles. The fourth-order valence-corrected chi connectivity index (χ4v) is 3.93. The molecule has 1 aromatic rings. The smallest absolute Gasteiger partial charge is 0.225 e. The largest absolute Gasteiger partial charge is 0.390 e. The van der Waals surface area contributed by atoms with Crippen LogP contribution in [0.3, 0.4) is 0 Å². The number of hydrogen-bond acceptors (Lipinski definition) is 3. The molecule has 1 aromatic heterocycles. The highest BCUT2D eigenvalue weighted by Gasteiger charge is 2.44. The highest BCUT2D eigenvalue weighted by Crippen LogP contribution is 2.39. The molecule has 0 bridgehead atoms. The van der Waals surface area contributed by atoms with Crippen molar-refractivity contribution in [2.24, 2.45) is 5.92 Å². The number of piperidine rings is 1. The van der Waals surface area contributed by atoms with Gasteiger partial charge in [0.1, 0.15) is 0 Å². The zero-order valence-corrected chi connectivity index (χ0v) is 15.4. The maximum absolute atomic E-state index is 12.5. The summed E-state index contributed by atoms with van der Waals surface area (Å²) in [5.74, 6) is 0.705. The molecule has 1 amide bonds. The molecule has 0 atom stereocenters. The molecule has 24 heavy (non-hydrogen) atoms. The lowest BCUT2D eigenvalue weighted by Crippen LogP contribution is -2.51. The highest BCUT2D eigenvalue weighted by molar-refractivity contribution is 5.80. The van der Waals surface area contributed by atoms with Crippen LogP contribution in [0.4, 0.5) is 0 Å². The summed E-state index contributed by atoms with van der Waals surface area (Å²) in [6.07, 6.45) is 3.19. The molecular weight excluding hydrogens is 300 g/mol. The Morgan fingerprint density at radius 2 is 1.88 bits per heavy atom. The van der Waals surface area contributed by atoms with Crippen LogP contribution in [0.25, 0.3) is 0 Å². The van der Waals surface area contributed by atoms with Gasteiger partial charge in [0, 0.05) is 41.7 Å². The van der Waals surface area contributed by atoms with Gasteiger partial charge in [0.2, 0.25) is 5.91 Å². The molecule has 1 aliphatic heterocycles. The Balaban J connectivity index is 1.58. The van der Waals surface area contributed by atoms with E-state index < -0.39 is 5.60 Å². The Kier molecular flexibility index (Phi) is 4.45. The number of amides is 1. The molecule has 2 fully saturated rings.